The highest BCUT2D eigenvalue weighted by atomic mass is 32.1. The molecule has 0 N–H and O–H groups in total. The van der Waals surface area contributed by atoms with Crippen LogP contribution in [0.25, 0.3) is 0 Å². The Morgan fingerprint density at radius 2 is 2.00 bits per heavy atom. The van der Waals surface area contributed by atoms with Crippen LogP contribution in [0.1, 0.15) is 21.1 Å². The van der Waals surface area contributed by atoms with Gasteiger partial charge in [0.25, 0.3) is 5.69 Å². The lowest BCUT2D eigenvalue weighted by atomic mass is 10.2. The van der Waals surface area contributed by atoms with Gasteiger partial charge in [-0.15, -0.1) is 11.3 Å². The molecule has 1 aromatic carbocycles. The van der Waals surface area contributed by atoms with E-state index in [0.29, 0.717) is 13.1 Å². The average molecular weight is 342 g/mol. The topological polar surface area (TPSA) is 59.5 Å². The number of thiophene rings is 1. The molecule has 6 heteroatoms. The minimum absolute atomic E-state index is 0.123. The van der Waals surface area contributed by atoms with Gasteiger partial charge in [-0.3, -0.25) is 15.0 Å². The minimum Gasteiger partial charge on any atom is -0.468 e. The molecule has 3 rings (SSSR count). The van der Waals surface area contributed by atoms with E-state index in [-0.39, 0.29) is 10.6 Å². The van der Waals surface area contributed by atoms with Crippen molar-refractivity contribution in [3.8, 4) is 0 Å². The van der Waals surface area contributed by atoms with E-state index in [0.717, 1.165) is 17.9 Å². The highest BCUT2D eigenvalue weighted by molar-refractivity contribution is 7.11. The van der Waals surface area contributed by atoms with Crippen molar-refractivity contribution in [1.82, 2.24) is 4.90 Å². The molecule has 2 aromatic heterocycles. The number of furan rings is 1. The summed E-state index contributed by atoms with van der Waals surface area (Å²) >= 11 is 1.77. The van der Waals surface area contributed by atoms with Crippen molar-refractivity contribution in [3.63, 3.8) is 0 Å². The van der Waals surface area contributed by atoms with Crippen molar-refractivity contribution in [2.45, 2.75) is 26.6 Å². The van der Waals surface area contributed by atoms with Crippen LogP contribution >= 0.6 is 11.3 Å². The van der Waals surface area contributed by atoms with Crippen molar-refractivity contribution < 1.29 is 9.34 Å². The predicted octanol–water partition coefficient (Wildman–Crippen LogP) is 4.76. The van der Waals surface area contributed by atoms with Crippen LogP contribution in [0.2, 0.25) is 0 Å². The first-order valence-electron chi connectivity index (χ1n) is 7.63. The molecule has 0 bridgehead atoms. The molecule has 0 saturated carbocycles. The summed E-state index contributed by atoms with van der Waals surface area (Å²) in [6, 6.07) is 14.9. The number of aryl methyl sites for hydroxylation is 1. The SMILES string of the molecule is Cc1ccc(CN(Cc2cccc([N+](=O)[O-])c2)Cc2ccco2)s1. The molecule has 0 aliphatic rings. The van der Waals surface area contributed by atoms with Gasteiger partial charge in [-0.1, -0.05) is 12.1 Å². The van der Waals surface area contributed by atoms with Crippen LogP contribution in [0, 0.1) is 17.0 Å². The maximum Gasteiger partial charge on any atom is 0.269 e. The Labute approximate surface area is 144 Å². The van der Waals surface area contributed by atoms with E-state index in [1.165, 1.54) is 15.8 Å². The summed E-state index contributed by atoms with van der Waals surface area (Å²) in [6.07, 6.45) is 1.66. The zero-order valence-corrected chi connectivity index (χ0v) is 14.2. The van der Waals surface area contributed by atoms with Crippen LogP contribution in [0.5, 0.6) is 0 Å². The number of benzene rings is 1. The number of rotatable bonds is 7. The van der Waals surface area contributed by atoms with Gasteiger partial charge in [0.15, 0.2) is 0 Å². The lowest BCUT2D eigenvalue weighted by molar-refractivity contribution is -0.384. The second-order valence-electron chi connectivity index (χ2n) is 5.66. The fraction of sp³-hybridized carbons (Fsp3) is 0.222. The van der Waals surface area contributed by atoms with Gasteiger partial charge in [0, 0.05) is 35.0 Å². The quantitative estimate of drug-likeness (QED) is 0.459. The van der Waals surface area contributed by atoms with E-state index in [9.17, 15) is 10.1 Å². The maximum absolute atomic E-state index is 11.0. The molecule has 2 heterocycles. The van der Waals surface area contributed by atoms with Gasteiger partial charge in [0.2, 0.25) is 0 Å². The van der Waals surface area contributed by atoms with Gasteiger partial charge in [0.1, 0.15) is 5.76 Å². The first-order valence-corrected chi connectivity index (χ1v) is 8.45. The molecule has 5 nitrogen and oxygen atoms in total. The molecule has 0 amide bonds. The number of non-ortho nitro benzene ring substituents is 1. The monoisotopic (exact) mass is 342 g/mol. The Kier molecular flexibility index (Phi) is 5.08. The van der Waals surface area contributed by atoms with E-state index in [2.05, 4.69) is 24.0 Å². The lowest BCUT2D eigenvalue weighted by Gasteiger charge is -2.20. The van der Waals surface area contributed by atoms with Crippen LogP contribution < -0.4 is 0 Å². The number of nitro groups is 1. The third-order valence-electron chi connectivity index (χ3n) is 3.66. The van der Waals surface area contributed by atoms with Crippen molar-refractivity contribution in [2.24, 2.45) is 0 Å². The van der Waals surface area contributed by atoms with E-state index in [4.69, 9.17) is 4.42 Å². The molecule has 0 radical (unpaired) electrons. The molecule has 0 unspecified atom stereocenters. The number of nitrogens with zero attached hydrogens (tertiary/aromatic N) is 2. The number of nitro benzene ring substituents is 1. The van der Waals surface area contributed by atoms with Gasteiger partial charge in [-0.2, -0.15) is 0 Å². The van der Waals surface area contributed by atoms with Crippen molar-refractivity contribution in [1.29, 1.82) is 0 Å². The predicted molar refractivity (Wildman–Crippen MR) is 93.8 cm³/mol. The summed E-state index contributed by atoms with van der Waals surface area (Å²) in [4.78, 5) is 15.4. The van der Waals surface area contributed by atoms with Crippen molar-refractivity contribution in [3.05, 3.63) is 86.0 Å². The van der Waals surface area contributed by atoms with Gasteiger partial charge < -0.3 is 4.42 Å². The molecule has 0 aliphatic heterocycles. The average Bonchev–Trinajstić information content (AvgIpc) is 3.19. The smallest absolute Gasteiger partial charge is 0.269 e. The normalized spacial score (nSPS) is 11.1. The zero-order chi connectivity index (χ0) is 16.9. The molecule has 124 valence electrons. The fourth-order valence-electron chi connectivity index (χ4n) is 2.61. The van der Waals surface area contributed by atoms with Gasteiger partial charge in [0.05, 0.1) is 17.7 Å². The molecule has 0 saturated heterocycles. The highest BCUT2D eigenvalue weighted by Crippen LogP contribution is 2.21. The first kappa shape index (κ1) is 16.4. The third kappa shape index (κ3) is 4.31. The summed E-state index contributed by atoms with van der Waals surface area (Å²) in [7, 11) is 0. The van der Waals surface area contributed by atoms with Crippen molar-refractivity contribution in [2.75, 3.05) is 0 Å². The summed E-state index contributed by atoms with van der Waals surface area (Å²) in [5.41, 5.74) is 1.04. The number of hydrogen-bond donors (Lipinski definition) is 0. The molecule has 0 atom stereocenters. The van der Waals surface area contributed by atoms with E-state index >= 15 is 0 Å². The minimum atomic E-state index is -0.358. The Balaban J connectivity index is 1.78. The van der Waals surface area contributed by atoms with Crippen LogP contribution in [0.3, 0.4) is 0 Å². The second kappa shape index (κ2) is 7.42. The summed E-state index contributed by atoms with van der Waals surface area (Å²) in [5.74, 6) is 0.883. The van der Waals surface area contributed by atoms with Crippen LogP contribution in [-0.4, -0.2) is 9.82 Å². The van der Waals surface area contributed by atoms with Gasteiger partial charge >= 0.3 is 0 Å². The zero-order valence-electron chi connectivity index (χ0n) is 13.3. The van der Waals surface area contributed by atoms with Crippen molar-refractivity contribution >= 4 is 17.0 Å². The van der Waals surface area contributed by atoms with Gasteiger partial charge in [-0.25, -0.2) is 0 Å². The highest BCUT2D eigenvalue weighted by Gasteiger charge is 2.13. The van der Waals surface area contributed by atoms with E-state index < -0.39 is 0 Å². The molecule has 3 aromatic rings. The maximum atomic E-state index is 11.0. The Hall–Kier alpha value is -2.44. The molecular weight excluding hydrogens is 324 g/mol. The van der Waals surface area contributed by atoms with Gasteiger partial charge in [-0.05, 0) is 36.8 Å². The van der Waals surface area contributed by atoms with E-state index in [1.54, 1.807) is 29.7 Å². The largest absolute Gasteiger partial charge is 0.468 e. The standard InChI is InChI=1S/C18H18N2O3S/c1-14-7-8-18(24-14)13-19(12-17-6-3-9-23-17)11-15-4-2-5-16(10-15)20(21)22/h2-10H,11-13H2,1H3. The molecule has 24 heavy (non-hydrogen) atoms. The van der Waals surface area contributed by atoms with Crippen LogP contribution in [0.15, 0.2) is 59.2 Å². The Morgan fingerprint density at radius 1 is 1.12 bits per heavy atom. The fourth-order valence-corrected chi connectivity index (χ4v) is 3.54. The molecule has 0 fully saturated rings. The number of hydrogen-bond acceptors (Lipinski definition) is 5. The van der Waals surface area contributed by atoms with Crippen LogP contribution in [-0.2, 0) is 19.6 Å². The Morgan fingerprint density at radius 3 is 2.67 bits per heavy atom. The summed E-state index contributed by atoms with van der Waals surface area (Å²) in [5, 5.41) is 11.0. The summed E-state index contributed by atoms with van der Waals surface area (Å²) in [6.45, 7) is 4.15. The molecule has 0 spiro atoms. The van der Waals surface area contributed by atoms with Crippen LogP contribution in [0.4, 0.5) is 5.69 Å². The molecule has 0 aliphatic carbocycles. The lowest BCUT2D eigenvalue weighted by Crippen LogP contribution is -2.21. The summed E-state index contributed by atoms with van der Waals surface area (Å²) < 4.78 is 5.46. The second-order valence-corrected chi connectivity index (χ2v) is 7.04. The molecular formula is C18H18N2O3S. The Bertz CT molecular complexity index is 811. The third-order valence-corrected chi connectivity index (χ3v) is 4.65. The van der Waals surface area contributed by atoms with E-state index in [1.807, 2.05) is 18.2 Å². The first-order chi connectivity index (χ1) is 11.6.